The predicted molar refractivity (Wildman–Crippen MR) is 279 cm³/mol. The van der Waals surface area contributed by atoms with Crippen molar-refractivity contribution in [1.82, 2.24) is 38.2 Å². The molecule has 6 N–H and O–H groups in total. The highest BCUT2D eigenvalue weighted by molar-refractivity contribution is 5.16. The van der Waals surface area contributed by atoms with Gasteiger partial charge in [0.25, 0.3) is 22.2 Å². The van der Waals surface area contributed by atoms with Crippen LogP contribution in [0.15, 0.2) is 73.7 Å². The largest absolute Gasteiger partial charge is 0.453 e. The monoisotopic (exact) mass is 1170 g/mol. The molecule has 0 unspecified atom stereocenters. The summed E-state index contributed by atoms with van der Waals surface area (Å²) in [4.78, 5) is 99.8. The zero-order valence-electron chi connectivity index (χ0n) is 46.0. The summed E-state index contributed by atoms with van der Waals surface area (Å²) in [6.07, 6.45) is -4.68. The summed E-state index contributed by atoms with van der Waals surface area (Å²) in [5, 5.41) is 39.9. The molecule has 11 heterocycles. The van der Waals surface area contributed by atoms with E-state index in [1.807, 2.05) is 20.8 Å². The zero-order chi connectivity index (χ0) is 60.6. The van der Waals surface area contributed by atoms with Crippen molar-refractivity contribution in [3.63, 3.8) is 0 Å². The lowest BCUT2D eigenvalue weighted by Crippen LogP contribution is -2.38. The van der Waals surface area contributed by atoms with Gasteiger partial charge in [-0.3, -0.25) is 52.4 Å². The van der Waals surface area contributed by atoms with Crippen molar-refractivity contribution in [1.29, 1.82) is 0 Å². The third kappa shape index (κ3) is 12.8. The van der Waals surface area contributed by atoms with E-state index in [4.69, 9.17) is 59.2 Å². The first-order chi connectivity index (χ1) is 39.2. The Labute approximate surface area is 465 Å². The maximum atomic E-state index is 12.1. The molecule has 0 saturated carbocycles. The minimum atomic E-state index is -1.38. The minimum Gasteiger partial charge on any atom is -0.453 e. The molecule has 11 rings (SSSR count). The van der Waals surface area contributed by atoms with Gasteiger partial charge in [-0.15, -0.1) is 0 Å². The average molecular weight is 1170 g/mol. The molecule has 36 heteroatoms. The van der Waals surface area contributed by atoms with Crippen molar-refractivity contribution >= 4 is 0 Å². The molecule has 0 radical (unpaired) electrons. The Morgan fingerprint density at radius 2 is 0.867 bits per heavy atom. The van der Waals surface area contributed by atoms with Gasteiger partial charge in [0.05, 0.1) is 44.1 Å². The van der Waals surface area contributed by atoms with Gasteiger partial charge < -0.3 is 58.0 Å². The van der Waals surface area contributed by atoms with Crippen LogP contribution >= 0.6 is 0 Å². The van der Waals surface area contributed by atoms with Crippen LogP contribution in [0, 0.1) is 27.7 Å². The Morgan fingerprint density at radius 1 is 0.506 bits per heavy atom. The summed E-state index contributed by atoms with van der Waals surface area (Å²) in [6, 6.07) is 0.131. The van der Waals surface area contributed by atoms with Gasteiger partial charge in [-0.05, 0) is 78.4 Å². The number of ether oxygens (including phenoxy) is 9. The first-order valence-corrected chi connectivity index (χ1v) is 25.8. The highest BCUT2D eigenvalue weighted by Gasteiger charge is 2.57. The molecule has 6 saturated heterocycles. The van der Waals surface area contributed by atoms with Gasteiger partial charge in [-0.1, -0.05) is 22.3 Å². The normalized spacial score (nSPS) is 31.6. The molecule has 16 atom stereocenters. The van der Waals surface area contributed by atoms with Crippen molar-refractivity contribution in [2.75, 3.05) is 19.6 Å². The van der Waals surface area contributed by atoms with Crippen LogP contribution in [0.3, 0.4) is 0 Å². The van der Waals surface area contributed by atoms with Crippen molar-refractivity contribution in [2.45, 2.75) is 178 Å². The van der Waals surface area contributed by atoms with Crippen LogP contribution in [-0.2, 0) is 37.9 Å². The van der Waals surface area contributed by atoms with E-state index in [2.05, 4.69) is 50.0 Å². The van der Waals surface area contributed by atoms with E-state index in [-0.39, 0.29) is 60.6 Å². The lowest BCUT2D eigenvalue weighted by molar-refractivity contribution is -0.197. The number of nitrogens with zero attached hydrogens (tertiary/aromatic N) is 14. The van der Waals surface area contributed by atoms with Crippen LogP contribution in [0.1, 0.15) is 88.2 Å². The Kier molecular flexibility index (Phi) is 18.1. The molecule has 0 bridgehead atoms. The number of aryl methyl sites for hydroxylation is 4. The third-order valence-corrected chi connectivity index (χ3v) is 14.1. The lowest BCUT2D eigenvalue weighted by atomic mass is 10.1. The fourth-order valence-corrected chi connectivity index (χ4v) is 10.2. The smallest absolute Gasteiger partial charge is 0.330 e. The van der Waals surface area contributed by atoms with Crippen LogP contribution in [0.25, 0.3) is 31.3 Å². The second-order valence-electron chi connectivity index (χ2n) is 20.9. The minimum absolute atomic E-state index is 0.0238. The molecule has 448 valence electrons. The number of aliphatic hydroxyl groups is 3. The molecule has 4 aromatic rings. The molecule has 83 heavy (non-hydrogen) atoms. The van der Waals surface area contributed by atoms with Crippen molar-refractivity contribution in [2.24, 2.45) is 15.3 Å². The highest BCUT2D eigenvalue weighted by atomic mass is 16.8. The number of aromatic amines is 3. The van der Waals surface area contributed by atoms with Crippen molar-refractivity contribution in [3.8, 4) is 6.01 Å². The molecule has 6 fully saturated rings. The van der Waals surface area contributed by atoms with Gasteiger partial charge in [0, 0.05) is 61.8 Å². The molecule has 0 aromatic carbocycles. The quantitative estimate of drug-likeness (QED) is 0.0686. The second-order valence-corrected chi connectivity index (χ2v) is 20.9. The predicted octanol–water partition coefficient (Wildman–Crippen LogP) is -0.0988. The summed E-state index contributed by atoms with van der Waals surface area (Å²) >= 11 is 0. The summed E-state index contributed by atoms with van der Waals surface area (Å²) in [7, 11) is 0. The van der Waals surface area contributed by atoms with E-state index in [1.54, 1.807) is 45.4 Å². The van der Waals surface area contributed by atoms with Gasteiger partial charge in [0.1, 0.15) is 42.7 Å². The van der Waals surface area contributed by atoms with Crippen LogP contribution < -0.4 is 44.0 Å². The summed E-state index contributed by atoms with van der Waals surface area (Å²) in [5.41, 5.74) is 23.0. The van der Waals surface area contributed by atoms with E-state index >= 15 is 0 Å². The molecule has 7 aliphatic heterocycles. The maximum Gasteiger partial charge on any atom is 0.330 e. The number of H-pyrrole nitrogens is 3. The van der Waals surface area contributed by atoms with Gasteiger partial charge in [0.15, 0.2) is 42.6 Å². The topological polar surface area (TPSA) is 490 Å². The van der Waals surface area contributed by atoms with E-state index in [0.717, 1.165) is 11.0 Å². The van der Waals surface area contributed by atoms with Crippen LogP contribution in [0.4, 0.5) is 0 Å². The Balaban J connectivity index is 0.000000145. The molecule has 36 nitrogen and oxygen atoms in total. The van der Waals surface area contributed by atoms with E-state index in [0.29, 0.717) is 16.7 Å². The second kappa shape index (κ2) is 24.6. The number of azide groups is 3. The van der Waals surface area contributed by atoms with Crippen molar-refractivity contribution in [3.05, 3.63) is 151 Å². The lowest BCUT2D eigenvalue weighted by Gasteiger charge is -2.24. The van der Waals surface area contributed by atoms with Gasteiger partial charge in [-0.2, -0.15) is 4.98 Å². The van der Waals surface area contributed by atoms with Crippen LogP contribution in [-0.4, -0.2) is 158 Å². The highest BCUT2D eigenvalue weighted by Crippen LogP contribution is 2.45. The molecular formula is C47H61N17O19. The fraction of sp³-hybridized carbons (Fsp3) is 0.660. The molecule has 0 spiro atoms. The number of nitrogens with one attached hydrogen (secondary N) is 3. The molecule has 7 aliphatic rings. The van der Waals surface area contributed by atoms with Crippen LogP contribution in [0.2, 0.25) is 0 Å². The standard InChI is InChI=1S/C14H20N2O5.C13H17N5O5.C10H13N5O5.C10H11N5O4/c1-5-8-9-10(21-14(3,4)20-9)12(19-8)16-6-7(2)11(17)15-13(16)18;1-6-5-18(12(20)16-10(6)19)11-9-8(22-13(2,3)23-9)7(21-11)4-15-17-14;1-4-3-15(10(19)13-8(4)18)9-7(17)6(16)5(20-9)2-12-14-11;1-4-3-15-9-7(19-10(15)13-8(4)17)6(16)5(18-9)2-12-14-11/h6,8-10,12H,5H2,1-4H3,(H,15,17,18);5,7-9,11H,4H2,1-3H3,(H,16,19,20);3,5-7,9,16-17H,2H2,1H3,(H,13,18,19);3,5-7,9,16H,2H2,1H3/t8-,9-,10-,12-;7-,8-,9-,11-;5-,6-,7-,9-;5-,6-,7+,9-/m1111/s1. The summed E-state index contributed by atoms with van der Waals surface area (Å²) in [6.45, 7) is 15.5. The number of aliphatic hydroxyl groups excluding tert-OH is 3. The van der Waals surface area contributed by atoms with Gasteiger partial charge >= 0.3 is 23.1 Å². The molecular weight excluding hydrogens is 1110 g/mol. The SMILES string of the molecule is CC[C@H]1O[C@@H](n2cc(C)c(=O)[nH]c2=O)[C@@H]2OC(C)(C)O[C@@H]21.Cc1cn([C@@H]2O[C@H](CN=[N+]=[N-])[C@@H](O)[C@H]2O)c(=O)[nH]c1=O.Cc1cn([C@@H]2O[C@H](CN=[N+]=[N-])[C@H]3OC(C)(C)O[C@H]32)c(=O)[nH]c1=O.Cc1cn2c(nc1=O)O[C@H]1[C@H](O)[C@@H](CN=[N+]=[N-])O[C@H]12. The Bertz CT molecular complexity index is 3670. The van der Waals surface area contributed by atoms with E-state index < -0.39 is 120 Å². The van der Waals surface area contributed by atoms with Crippen LogP contribution in [0.5, 0.6) is 6.01 Å². The summed E-state index contributed by atoms with van der Waals surface area (Å²) in [5.74, 6) is -1.54. The first kappa shape index (κ1) is 61.3. The third-order valence-electron chi connectivity index (χ3n) is 14.1. The number of hydrogen-bond donors (Lipinski definition) is 6. The molecule has 4 aromatic heterocycles. The zero-order valence-corrected chi connectivity index (χ0v) is 46.0. The number of rotatable bonds is 10. The molecule has 0 aliphatic carbocycles. The number of hydrogen-bond acceptors (Lipinski definition) is 23. The molecule has 0 amide bonds. The number of aromatic nitrogens is 8. The van der Waals surface area contributed by atoms with Crippen molar-refractivity contribution < 1.29 is 58.0 Å². The van der Waals surface area contributed by atoms with Gasteiger partial charge in [-0.25, -0.2) is 14.4 Å². The maximum absolute atomic E-state index is 12.1. The fourth-order valence-electron chi connectivity index (χ4n) is 10.2. The van der Waals surface area contributed by atoms with Gasteiger partial charge in [0.2, 0.25) is 0 Å². The Morgan fingerprint density at radius 3 is 1.33 bits per heavy atom. The average Bonchev–Trinajstić information content (AvgIpc) is 2.32. The van der Waals surface area contributed by atoms with E-state index in [1.165, 1.54) is 34.6 Å². The summed E-state index contributed by atoms with van der Waals surface area (Å²) < 4.78 is 56.7. The van der Waals surface area contributed by atoms with E-state index in [9.17, 15) is 48.9 Å². The Hall–Kier alpha value is -7.79. The first-order valence-electron chi connectivity index (χ1n) is 25.8. The number of fused-ring (bicyclic) bond motifs is 5.